The Labute approximate surface area is 250 Å². The van der Waals surface area contributed by atoms with Gasteiger partial charge in [0.25, 0.3) is 6.33 Å². The summed E-state index contributed by atoms with van der Waals surface area (Å²) in [7, 11) is 1.90. The first-order valence-electron chi connectivity index (χ1n) is 15.1. The molecule has 4 aliphatic heterocycles. The third-order valence-corrected chi connectivity index (χ3v) is 9.98. The van der Waals surface area contributed by atoms with Crippen LogP contribution in [-0.2, 0) is 27.4 Å². The summed E-state index contributed by atoms with van der Waals surface area (Å²) in [6.07, 6.45) is 11.9. The van der Waals surface area contributed by atoms with Gasteiger partial charge in [-0.2, -0.15) is 4.57 Å². The van der Waals surface area contributed by atoms with Crippen LogP contribution in [0.2, 0.25) is 0 Å². The number of aryl methyl sites for hydroxylation is 1. The first-order chi connectivity index (χ1) is 21.0. The van der Waals surface area contributed by atoms with Crippen LogP contribution in [0.1, 0.15) is 48.6 Å². The van der Waals surface area contributed by atoms with E-state index >= 15 is 0 Å². The van der Waals surface area contributed by atoms with Crippen molar-refractivity contribution >= 4 is 23.4 Å². The molecule has 43 heavy (non-hydrogen) atoms. The summed E-state index contributed by atoms with van der Waals surface area (Å²) < 4.78 is 17.0. The summed E-state index contributed by atoms with van der Waals surface area (Å²) in [5, 5.41) is 0. The lowest BCUT2D eigenvalue weighted by atomic mass is 9.73. The number of fused-ring (bicyclic) bond motifs is 4. The molecule has 4 aliphatic rings. The van der Waals surface area contributed by atoms with Crippen molar-refractivity contribution in [2.45, 2.75) is 42.6 Å². The minimum atomic E-state index is -0.289. The summed E-state index contributed by atoms with van der Waals surface area (Å²) in [6.45, 7) is 3.18. The van der Waals surface area contributed by atoms with Crippen molar-refractivity contribution < 1.29 is 23.6 Å². The number of imidazole rings is 2. The van der Waals surface area contributed by atoms with Gasteiger partial charge in [-0.15, -0.1) is 0 Å². The van der Waals surface area contributed by atoms with Gasteiger partial charge in [-0.05, 0) is 48.9 Å². The van der Waals surface area contributed by atoms with Crippen molar-refractivity contribution in [3.8, 4) is 0 Å². The molecule has 2 saturated heterocycles. The highest BCUT2D eigenvalue weighted by atomic mass is 16.5. The molecule has 220 valence electrons. The highest BCUT2D eigenvalue weighted by molar-refractivity contribution is 5.97. The third kappa shape index (κ3) is 4.15. The summed E-state index contributed by atoms with van der Waals surface area (Å²) in [5.41, 5.74) is 4.73. The van der Waals surface area contributed by atoms with E-state index in [4.69, 9.17) is 14.5 Å². The number of benzene rings is 2. The standard InChI is InChI=1S/C33H35N6O4/c1-35-13-14-36(23-35)30(40)39-21-33(25-7-3-5-9-28(25)39)12-17-43-29(18-33)26-19-37(22-34-26)31(41)38-20-32(10-15-42-16-11-32)24-6-2-4-8-27(24)38/h2-9,13-14,19,22-23,29H,10-12,15-18,20-21H2,1H3/q+1. The van der Waals surface area contributed by atoms with Crippen LogP contribution >= 0.6 is 0 Å². The molecule has 0 saturated carbocycles. The molecule has 0 radical (unpaired) electrons. The monoisotopic (exact) mass is 579 g/mol. The molecule has 2 spiro atoms. The van der Waals surface area contributed by atoms with Crippen LogP contribution in [-0.4, -0.2) is 59.1 Å². The first kappa shape index (κ1) is 26.4. The fourth-order valence-electron chi connectivity index (χ4n) is 7.73. The second-order valence-corrected chi connectivity index (χ2v) is 12.5. The molecule has 2 amide bonds. The summed E-state index contributed by atoms with van der Waals surface area (Å²) >= 11 is 0. The van der Waals surface area contributed by atoms with E-state index in [9.17, 15) is 9.59 Å². The quantitative estimate of drug-likeness (QED) is 0.314. The maximum absolute atomic E-state index is 13.9. The van der Waals surface area contributed by atoms with Gasteiger partial charge in [0.2, 0.25) is 0 Å². The Bertz CT molecular complexity index is 1720. The molecule has 0 bridgehead atoms. The Balaban J connectivity index is 1.05. The lowest BCUT2D eigenvalue weighted by Gasteiger charge is -2.38. The second kappa shape index (κ2) is 9.89. The molecule has 2 atom stereocenters. The molecule has 8 rings (SSSR count). The molecular weight excluding hydrogens is 544 g/mol. The van der Waals surface area contributed by atoms with Crippen LogP contribution in [0, 0.1) is 0 Å². The zero-order valence-electron chi connectivity index (χ0n) is 24.3. The number of para-hydroxylation sites is 2. The zero-order chi connectivity index (χ0) is 29.2. The first-order valence-corrected chi connectivity index (χ1v) is 15.1. The van der Waals surface area contributed by atoms with Crippen molar-refractivity contribution in [3.63, 3.8) is 0 Å². The minimum Gasteiger partial charge on any atom is -0.381 e. The molecule has 2 unspecified atom stereocenters. The van der Waals surface area contributed by atoms with Crippen LogP contribution in [0.5, 0.6) is 0 Å². The van der Waals surface area contributed by atoms with Gasteiger partial charge >= 0.3 is 12.1 Å². The smallest absolute Gasteiger partial charge is 0.381 e. The van der Waals surface area contributed by atoms with Gasteiger partial charge in [-0.3, -0.25) is 14.4 Å². The van der Waals surface area contributed by atoms with Crippen molar-refractivity contribution in [3.05, 3.63) is 96.6 Å². The molecule has 2 aromatic carbocycles. The minimum absolute atomic E-state index is 0.0655. The van der Waals surface area contributed by atoms with Gasteiger partial charge in [-0.1, -0.05) is 36.4 Å². The van der Waals surface area contributed by atoms with Gasteiger partial charge in [-0.25, -0.2) is 19.1 Å². The average molecular weight is 580 g/mol. The zero-order valence-corrected chi connectivity index (χ0v) is 24.3. The van der Waals surface area contributed by atoms with E-state index < -0.39 is 0 Å². The van der Waals surface area contributed by atoms with Gasteiger partial charge in [0.05, 0.1) is 18.4 Å². The Hall–Kier alpha value is -4.28. The summed E-state index contributed by atoms with van der Waals surface area (Å²) in [5.74, 6) is 0. The largest absolute Gasteiger partial charge is 0.420 e. The molecule has 10 nitrogen and oxygen atoms in total. The number of carbonyl (C=O) groups is 2. The number of rotatable bonds is 1. The number of ether oxygens (including phenoxy) is 2. The number of nitrogens with zero attached hydrogens (tertiary/aromatic N) is 6. The van der Waals surface area contributed by atoms with Gasteiger partial charge in [0, 0.05) is 55.6 Å². The summed E-state index contributed by atoms with van der Waals surface area (Å²) in [4.78, 5) is 36.0. The van der Waals surface area contributed by atoms with E-state index in [1.54, 1.807) is 28.0 Å². The molecule has 6 heterocycles. The fraction of sp³-hybridized carbons (Fsp3) is 0.394. The van der Waals surface area contributed by atoms with Crippen molar-refractivity contribution in [1.82, 2.24) is 14.1 Å². The van der Waals surface area contributed by atoms with E-state index in [0.29, 0.717) is 39.3 Å². The number of hydrogen-bond acceptors (Lipinski definition) is 5. The topological polar surface area (TPSA) is 85.7 Å². The van der Waals surface area contributed by atoms with Crippen LogP contribution in [0.25, 0.3) is 0 Å². The Morgan fingerprint density at radius 3 is 2.19 bits per heavy atom. The lowest BCUT2D eigenvalue weighted by Crippen LogP contribution is -2.43. The van der Waals surface area contributed by atoms with Crippen LogP contribution in [0.4, 0.5) is 21.0 Å². The number of aromatic nitrogens is 4. The predicted octanol–water partition coefficient (Wildman–Crippen LogP) is 4.32. The van der Waals surface area contributed by atoms with E-state index in [1.165, 1.54) is 11.1 Å². The molecule has 2 fully saturated rings. The maximum Gasteiger partial charge on any atom is 0.420 e. The Morgan fingerprint density at radius 2 is 1.49 bits per heavy atom. The van der Waals surface area contributed by atoms with Crippen molar-refractivity contribution in [1.29, 1.82) is 0 Å². The normalized spacial score (nSPS) is 24.0. The molecule has 10 heteroatoms. The molecule has 4 aromatic rings. The third-order valence-electron chi connectivity index (χ3n) is 9.98. The molecule has 0 N–H and O–H groups in total. The predicted molar refractivity (Wildman–Crippen MR) is 158 cm³/mol. The number of amides is 2. The van der Waals surface area contributed by atoms with Gasteiger partial charge in [0.1, 0.15) is 24.8 Å². The Kier molecular flexibility index (Phi) is 6.06. The lowest BCUT2D eigenvalue weighted by molar-refractivity contribution is -0.670. The van der Waals surface area contributed by atoms with Crippen LogP contribution in [0.15, 0.2) is 79.8 Å². The van der Waals surface area contributed by atoms with E-state index in [-0.39, 0.29) is 29.0 Å². The summed E-state index contributed by atoms with van der Waals surface area (Å²) in [6, 6.07) is 16.3. The maximum atomic E-state index is 13.9. The molecule has 2 aromatic heterocycles. The van der Waals surface area contributed by atoms with E-state index in [1.807, 2.05) is 64.1 Å². The highest BCUT2D eigenvalue weighted by Crippen LogP contribution is 2.51. The van der Waals surface area contributed by atoms with E-state index in [0.717, 1.165) is 36.3 Å². The SMILES string of the molecule is C[n+]1ccn(C(=O)N2CC3(CCOC(c4cn(C(=O)N5CC6(CCOCC6)c6ccccc65)cn4)C3)c3ccccc32)c1. The van der Waals surface area contributed by atoms with E-state index in [2.05, 4.69) is 18.2 Å². The van der Waals surface area contributed by atoms with Crippen LogP contribution in [0.3, 0.4) is 0 Å². The number of hydrogen-bond donors (Lipinski definition) is 0. The Morgan fingerprint density at radius 1 is 0.860 bits per heavy atom. The van der Waals surface area contributed by atoms with Gasteiger partial charge < -0.3 is 9.47 Å². The fourth-order valence-corrected chi connectivity index (χ4v) is 7.73. The average Bonchev–Trinajstić information content (AvgIpc) is 3.83. The van der Waals surface area contributed by atoms with Gasteiger partial charge in [0.15, 0.2) is 0 Å². The molecular formula is C33H35N6O4+. The highest BCUT2D eigenvalue weighted by Gasteiger charge is 2.50. The van der Waals surface area contributed by atoms with Crippen LogP contribution < -0.4 is 14.4 Å². The number of carbonyl (C=O) groups excluding carboxylic acids is 2. The van der Waals surface area contributed by atoms with Crippen molar-refractivity contribution in [2.24, 2.45) is 7.05 Å². The second-order valence-electron chi connectivity index (χ2n) is 12.5. The number of anilines is 2. The van der Waals surface area contributed by atoms with Crippen molar-refractivity contribution in [2.75, 3.05) is 42.7 Å². The molecule has 0 aliphatic carbocycles.